The summed E-state index contributed by atoms with van der Waals surface area (Å²) >= 11 is 0. The lowest BCUT2D eigenvalue weighted by atomic mass is 9.99. The Labute approximate surface area is 67.1 Å². The topological polar surface area (TPSA) is 33.8 Å². The van der Waals surface area contributed by atoms with Gasteiger partial charge in [-0.2, -0.15) is 0 Å². The van der Waals surface area contributed by atoms with E-state index in [0.29, 0.717) is 6.10 Å². The zero-order chi connectivity index (χ0) is 7.73. The van der Waals surface area contributed by atoms with Gasteiger partial charge in [-0.25, -0.2) is 0 Å². The lowest BCUT2D eigenvalue weighted by molar-refractivity contribution is -0.0611. The molecule has 2 heterocycles. The molecule has 0 saturated carbocycles. The third-order valence-electron chi connectivity index (χ3n) is 2.29. The van der Waals surface area contributed by atoms with E-state index in [1.807, 2.05) is 0 Å². The second-order valence-electron chi connectivity index (χ2n) is 3.63. The summed E-state index contributed by atoms with van der Waals surface area (Å²) in [5.74, 6) is 0. The van der Waals surface area contributed by atoms with E-state index >= 15 is 0 Å². The highest BCUT2D eigenvalue weighted by molar-refractivity contribution is 4.87. The first-order valence-electron chi connectivity index (χ1n) is 4.25. The zero-order valence-electron chi connectivity index (χ0n) is 6.93. The molecule has 0 aliphatic carbocycles. The molecule has 2 atom stereocenters. The maximum Gasteiger partial charge on any atom is 0.0837 e. The Morgan fingerprint density at radius 1 is 1.64 bits per heavy atom. The van der Waals surface area contributed by atoms with E-state index in [0.717, 1.165) is 32.7 Å². The first-order valence-corrected chi connectivity index (χ1v) is 4.25. The lowest BCUT2D eigenvalue weighted by Gasteiger charge is -2.33. The largest absolute Gasteiger partial charge is 0.373 e. The second-order valence-corrected chi connectivity index (χ2v) is 3.63. The predicted molar refractivity (Wildman–Crippen MR) is 41.6 cm³/mol. The van der Waals surface area contributed by atoms with Crippen molar-refractivity contribution in [2.45, 2.75) is 25.0 Å². The molecule has 2 fully saturated rings. The molecule has 3 heteroatoms. The summed E-state index contributed by atoms with van der Waals surface area (Å²) in [5, 5.41) is 3.33. The van der Waals surface area contributed by atoms with Crippen LogP contribution in [0.4, 0.5) is 0 Å². The van der Waals surface area contributed by atoms with E-state index in [-0.39, 0.29) is 5.60 Å². The Balaban J connectivity index is 1.84. The molecule has 0 aromatic heterocycles. The Morgan fingerprint density at radius 3 is 3.00 bits per heavy atom. The minimum absolute atomic E-state index is 0.0272. The SMILES string of the molecule is CC1(CC2CO2)CNCCO1. The molecular formula is C8H15NO2. The van der Waals surface area contributed by atoms with Crippen molar-refractivity contribution >= 4 is 0 Å². The fourth-order valence-electron chi connectivity index (χ4n) is 1.57. The molecule has 11 heavy (non-hydrogen) atoms. The molecule has 0 aromatic rings. The number of ether oxygens (including phenoxy) is 2. The summed E-state index contributed by atoms with van der Waals surface area (Å²) in [7, 11) is 0. The molecule has 0 spiro atoms. The fraction of sp³-hybridized carbons (Fsp3) is 1.00. The van der Waals surface area contributed by atoms with Crippen LogP contribution in [0, 0.1) is 0 Å². The quantitative estimate of drug-likeness (QED) is 0.579. The molecule has 2 aliphatic heterocycles. The minimum Gasteiger partial charge on any atom is -0.373 e. The molecule has 2 rings (SSSR count). The number of rotatable bonds is 2. The van der Waals surface area contributed by atoms with E-state index < -0.39 is 0 Å². The third kappa shape index (κ3) is 1.92. The predicted octanol–water partition coefficient (Wildman–Crippen LogP) is 0.154. The van der Waals surface area contributed by atoms with Gasteiger partial charge < -0.3 is 14.8 Å². The van der Waals surface area contributed by atoms with Crippen LogP contribution in [0.25, 0.3) is 0 Å². The number of epoxide rings is 1. The number of hydrogen-bond donors (Lipinski definition) is 1. The van der Waals surface area contributed by atoms with Gasteiger partial charge in [0.2, 0.25) is 0 Å². The first kappa shape index (κ1) is 7.53. The summed E-state index contributed by atoms with van der Waals surface area (Å²) in [6.45, 7) is 5.87. The van der Waals surface area contributed by atoms with Gasteiger partial charge in [-0.05, 0) is 6.92 Å². The first-order chi connectivity index (χ1) is 5.29. The van der Waals surface area contributed by atoms with Crippen molar-refractivity contribution in [1.29, 1.82) is 0 Å². The van der Waals surface area contributed by atoms with Crippen LogP contribution in [0.5, 0.6) is 0 Å². The molecule has 2 aliphatic rings. The lowest BCUT2D eigenvalue weighted by Crippen LogP contribution is -2.48. The molecule has 2 unspecified atom stereocenters. The van der Waals surface area contributed by atoms with Crippen molar-refractivity contribution in [1.82, 2.24) is 5.32 Å². The normalized spacial score (nSPS) is 43.9. The standard InChI is InChI=1S/C8H15NO2/c1-8(4-7-5-10-7)6-9-2-3-11-8/h7,9H,2-6H2,1H3. The Hall–Kier alpha value is -0.120. The van der Waals surface area contributed by atoms with E-state index in [1.54, 1.807) is 0 Å². The Bertz CT molecular complexity index is 139. The monoisotopic (exact) mass is 157 g/mol. The van der Waals surface area contributed by atoms with Gasteiger partial charge in [0.15, 0.2) is 0 Å². The van der Waals surface area contributed by atoms with Crippen LogP contribution in [0.1, 0.15) is 13.3 Å². The Morgan fingerprint density at radius 2 is 2.45 bits per heavy atom. The smallest absolute Gasteiger partial charge is 0.0837 e. The van der Waals surface area contributed by atoms with E-state index in [4.69, 9.17) is 9.47 Å². The zero-order valence-corrected chi connectivity index (χ0v) is 6.93. The highest BCUT2D eigenvalue weighted by atomic mass is 16.6. The van der Waals surface area contributed by atoms with Crippen molar-refractivity contribution in [3.63, 3.8) is 0 Å². The minimum atomic E-state index is 0.0272. The van der Waals surface area contributed by atoms with Crippen LogP contribution < -0.4 is 5.32 Å². The summed E-state index contributed by atoms with van der Waals surface area (Å²) in [6.07, 6.45) is 1.51. The van der Waals surface area contributed by atoms with Crippen LogP contribution in [-0.2, 0) is 9.47 Å². The molecular weight excluding hydrogens is 142 g/mol. The van der Waals surface area contributed by atoms with Gasteiger partial charge in [-0.15, -0.1) is 0 Å². The maximum atomic E-state index is 5.67. The van der Waals surface area contributed by atoms with Crippen molar-refractivity contribution in [3.8, 4) is 0 Å². The molecule has 3 nitrogen and oxygen atoms in total. The average Bonchev–Trinajstić information content (AvgIpc) is 2.72. The molecule has 0 aromatic carbocycles. The number of hydrogen-bond acceptors (Lipinski definition) is 3. The van der Waals surface area contributed by atoms with Crippen LogP contribution in [0.3, 0.4) is 0 Å². The summed E-state index contributed by atoms with van der Waals surface area (Å²) in [5.41, 5.74) is 0.0272. The molecule has 2 saturated heterocycles. The molecule has 0 amide bonds. The van der Waals surface area contributed by atoms with Gasteiger partial charge in [-0.3, -0.25) is 0 Å². The van der Waals surface area contributed by atoms with Crippen LogP contribution in [-0.4, -0.2) is 38.0 Å². The van der Waals surface area contributed by atoms with Crippen molar-refractivity contribution in [3.05, 3.63) is 0 Å². The van der Waals surface area contributed by atoms with E-state index in [2.05, 4.69) is 12.2 Å². The highest BCUT2D eigenvalue weighted by Gasteiger charge is 2.36. The van der Waals surface area contributed by atoms with Crippen molar-refractivity contribution < 1.29 is 9.47 Å². The summed E-state index contributed by atoms with van der Waals surface area (Å²) in [4.78, 5) is 0. The van der Waals surface area contributed by atoms with Gasteiger partial charge in [0.25, 0.3) is 0 Å². The van der Waals surface area contributed by atoms with Crippen LogP contribution in [0.2, 0.25) is 0 Å². The van der Waals surface area contributed by atoms with Gasteiger partial charge in [0.05, 0.1) is 24.9 Å². The van der Waals surface area contributed by atoms with Crippen molar-refractivity contribution in [2.24, 2.45) is 0 Å². The molecule has 64 valence electrons. The average molecular weight is 157 g/mol. The van der Waals surface area contributed by atoms with E-state index in [9.17, 15) is 0 Å². The molecule has 1 N–H and O–H groups in total. The van der Waals surface area contributed by atoms with Gasteiger partial charge in [-0.1, -0.05) is 0 Å². The Kier molecular flexibility index (Phi) is 1.87. The van der Waals surface area contributed by atoms with Crippen LogP contribution in [0.15, 0.2) is 0 Å². The fourth-order valence-corrected chi connectivity index (χ4v) is 1.57. The molecule has 0 radical (unpaired) electrons. The van der Waals surface area contributed by atoms with Gasteiger partial charge in [0, 0.05) is 19.5 Å². The van der Waals surface area contributed by atoms with Gasteiger partial charge in [0.1, 0.15) is 0 Å². The summed E-state index contributed by atoms with van der Waals surface area (Å²) in [6, 6.07) is 0. The second kappa shape index (κ2) is 2.73. The number of morpholine rings is 1. The summed E-state index contributed by atoms with van der Waals surface area (Å²) < 4.78 is 10.8. The van der Waals surface area contributed by atoms with E-state index in [1.165, 1.54) is 0 Å². The third-order valence-corrected chi connectivity index (χ3v) is 2.29. The van der Waals surface area contributed by atoms with Crippen molar-refractivity contribution in [2.75, 3.05) is 26.3 Å². The van der Waals surface area contributed by atoms with Crippen LogP contribution >= 0.6 is 0 Å². The maximum absolute atomic E-state index is 5.67. The number of nitrogens with one attached hydrogen (secondary N) is 1. The van der Waals surface area contributed by atoms with Gasteiger partial charge >= 0.3 is 0 Å². The highest BCUT2D eigenvalue weighted by Crippen LogP contribution is 2.26. The molecule has 0 bridgehead atoms.